The van der Waals surface area contributed by atoms with E-state index in [1.165, 1.54) is 16.7 Å². The number of nitrogens with zero attached hydrogens (tertiary/aromatic N) is 2. The molecular formula is C19H17N3O3S2. The molecule has 1 aromatic carbocycles. The molecule has 0 spiro atoms. The Bertz CT molecular complexity index is 900. The molecule has 1 saturated heterocycles. The molecule has 1 aromatic heterocycles. The van der Waals surface area contributed by atoms with Crippen LogP contribution in [0.15, 0.2) is 53.6 Å². The van der Waals surface area contributed by atoms with Crippen molar-refractivity contribution in [1.82, 2.24) is 9.88 Å². The number of nitrogens with one attached hydrogen (secondary N) is 1. The molecule has 6 nitrogen and oxygen atoms in total. The van der Waals surface area contributed by atoms with Gasteiger partial charge in [-0.2, -0.15) is 0 Å². The summed E-state index contributed by atoms with van der Waals surface area (Å²) in [6.07, 6.45) is 3.48. The normalized spacial score (nSPS) is 15.3. The Morgan fingerprint density at radius 1 is 1.30 bits per heavy atom. The second-order valence-electron chi connectivity index (χ2n) is 5.59. The lowest BCUT2D eigenvalue weighted by Crippen LogP contribution is -2.31. The van der Waals surface area contributed by atoms with Crippen molar-refractivity contribution in [1.29, 1.82) is 0 Å². The topological polar surface area (TPSA) is 71.5 Å². The van der Waals surface area contributed by atoms with Gasteiger partial charge in [0.15, 0.2) is 0 Å². The van der Waals surface area contributed by atoms with Crippen LogP contribution in [0.25, 0.3) is 6.08 Å². The Hall–Kier alpha value is -2.71. The molecule has 138 valence electrons. The van der Waals surface area contributed by atoms with Gasteiger partial charge in [0, 0.05) is 24.7 Å². The number of pyridine rings is 1. The highest BCUT2D eigenvalue weighted by atomic mass is 32.2. The predicted molar refractivity (Wildman–Crippen MR) is 110 cm³/mol. The monoisotopic (exact) mass is 399 g/mol. The van der Waals surface area contributed by atoms with Gasteiger partial charge in [0.2, 0.25) is 5.91 Å². The van der Waals surface area contributed by atoms with Crippen LogP contribution in [0.1, 0.15) is 12.0 Å². The van der Waals surface area contributed by atoms with E-state index >= 15 is 0 Å². The van der Waals surface area contributed by atoms with Gasteiger partial charge in [-0.15, -0.1) is 0 Å². The summed E-state index contributed by atoms with van der Waals surface area (Å²) in [4.78, 5) is 30.7. The number of rotatable bonds is 6. The maximum Gasteiger partial charge on any atom is 0.266 e. The third-order valence-corrected chi connectivity index (χ3v) is 5.17. The largest absolute Gasteiger partial charge is 0.496 e. The fraction of sp³-hybridized carbons (Fsp3) is 0.158. The summed E-state index contributed by atoms with van der Waals surface area (Å²) in [5.41, 5.74) is 0.799. The van der Waals surface area contributed by atoms with Gasteiger partial charge in [0.25, 0.3) is 5.91 Å². The van der Waals surface area contributed by atoms with Crippen LogP contribution in [0.4, 0.5) is 5.82 Å². The number of hydrogen-bond donors (Lipinski definition) is 1. The Morgan fingerprint density at radius 2 is 2.07 bits per heavy atom. The zero-order valence-corrected chi connectivity index (χ0v) is 16.2. The minimum absolute atomic E-state index is 0.130. The smallest absolute Gasteiger partial charge is 0.266 e. The van der Waals surface area contributed by atoms with Crippen molar-refractivity contribution in [2.45, 2.75) is 6.42 Å². The molecule has 0 atom stereocenters. The van der Waals surface area contributed by atoms with Crippen molar-refractivity contribution >= 4 is 52.0 Å². The number of aromatic nitrogens is 1. The van der Waals surface area contributed by atoms with Gasteiger partial charge in [-0.1, -0.05) is 48.2 Å². The maximum absolute atomic E-state index is 12.7. The van der Waals surface area contributed by atoms with E-state index in [9.17, 15) is 9.59 Å². The molecule has 0 aliphatic carbocycles. The van der Waals surface area contributed by atoms with E-state index < -0.39 is 0 Å². The number of carbonyl (C=O) groups excluding carboxylic acids is 2. The number of para-hydroxylation sites is 1. The van der Waals surface area contributed by atoms with Gasteiger partial charge in [0.05, 0.1) is 12.0 Å². The number of thioether (sulfide) groups is 1. The van der Waals surface area contributed by atoms with Crippen molar-refractivity contribution in [2.24, 2.45) is 0 Å². The lowest BCUT2D eigenvalue weighted by atomic mass is 10.2. The van der Waals surface area contributed by atoms with Crippen LogP contribution in [0.3, 0.4) is 0 Å². The first kappa shape index (κ1) is 19.1. The lowest BCUT2D eigenvalue weighted by molar-refractivity contribution is -0.122. The summed E-state index contributed by atoms with van der Waals surface area (Å²) in [5, 5.41) is 2.69. The lowest BCUT2D eigenvalue weighted by Gasteiger charge is -2.14. The average Bonchev–Trinajstić information content (AvgIpc) is 2.94. The third-order valence-electron chi connectivity index (χ3n) is 3.79. The van der Waals surface area contributed by atoms with Gasteiger partial charge >= 0.3 is 0 Å². The molecule has 3 rings (SSSR count). The van der Waals surface area contributed by atoms with E-state index in [-0.39, 0.29) is 24.8 Å². The minimum Gasteiger partial charge on any atom is -0.496 e. The molecule has 27 heavy (non-hydrogen) atoms. The van der Waals surface area contributed by atoms with Gasteiger partial charge in [-0.3, -0.25) is 14.5 Å². The van der Waals surface area contributed by atoms with E-state index in [0.717, 1.165) is 5.56 Å². The van der Waals surface area contributed by atoms with E-state index in [2.05, 4.69) is 10.3 Å². The first-order valence-electron chi connectivity index (χ1n) is 8.18. The van der Waals surface area contributed by atoms with Crippen LogP contribution in [-0.4, -0.2) is 39.7 Å². The number of ether oxygens (including phenoxy) is 1. The summed E-state index contributed by atoms with van der Waals surface area (Å²) < 4.78 is 5.75. The van der Waals surface area contributed by atoms with Gasteiger partial charge in [-0.25, -0.2) is 4.98 Å². The molecule has 1 fully saturated rings. The molecule has 1 aliphatic heterocycles. The Morgan fingerprint density at radius 3 is 2.81 bits per heavy atom. The zero-order valence-electron chi connectivity index (χ0n) is 14.5. The average molecular weight is 399 g/mol. The number of methoxy groups -OCH3 is 1. The maximum atomic E-state index is 12.7. The highest BCUT2D eigenvalue weighted by Gasteiger charge is 2.32. The number of benzene rings is 1. The van der Waals surface area contributed by atoms with E-state index in [1.54, 1.807) is 37.6 Å². The van der Waals surface area contributed by atoms with Crippen LogP contribution in [0, 0.1) is 0 Å². The van der Waals surface area contributed by atoms with Crippen LogP contribution in [0.5, 0.6) is 5.75 Å². The summed E-state index contributed by atoms with van der Waals surface area (Å²) in [6, 6.07) is 12.7. The standard InChI is InChI=1S/C19H17N3O3S2/c1-25-14-7-3-2-6-13(14)12-15-18(24)22(19(26)27-15)11-9-17(23)21-16-8-4-5-10-20-16/h2-8,10,12H,9,11H2,1H3,(H,20,21,23)/b15-12-. The second-order valence-corrected chi connectivity index (χ2v) is 7.26. The molecule has 2 heterocycles. The highest BCUT2D eigenvalue weighted by Crippen LogP contribution is 2.34. The summed E-state index contributed by atoms with van der Waals surface area (Å²) >= 11 is 6.53. The number of amides is 2. The molecule has 0 unspecified atom stereocenters. The second kappa shape index (κ2) is 8.79. The highest BCUT2D eigenvalue weighted by molar-refractivity contribution is 8.26. The van der Waals surface area contributed by atoms with Crippen molar-refractivity contribution in [3.05, 3.63) is 59.1 Å². The van der Waals surface area contributed by atoms with Crippen LogP contribution in [-0.2, 0) is 9.59 Å². The van der Waals surface area contributed by atoms with Crippen LogP contribution >= 0.6 is 24.0 Å². The Labute approximate surface area is 166 Å². The predicted octanol–water partition coefficient (Wildman–Crippen LogP) is 3.32. The summed E-state index contributed by atoms with van der Waals surface area (Å²) in [6.45, 7) is 0.215. The molecule has 0 radical (unpaired) electrons. The number of anilines is 1. The zero-order chi connectivity index (χ0) is 19.2. The van der Waals surface area contributed by atoms with Crippen molar-refractivity contribution < 1.29 is 14.3 Å². The first-order valence-corrected chi connectivity index (χ1v) is 9.40. The van der Waals surface area contributed by atoms with Crippen molar-refractivity contribution in [3.63, 3.8) is 0 Å². The summed E-state index contributed by atoms with van der Waals surface area (Å²) in [7, 11) is 1.58. The quantitative estimate of drug-likeness (QED) is 0.594. The fourth-order valence-corrected chi connectivity index (χ4v) is 3.77. The minimum atomic E-state index is -0.226. The Kier molecular flexibility index (Phi) is 6.20. The van der Waals surface area contributed by atoms with Crippen molar-refractivity contribution in [2.75, 3.05) is 19.0 Å². The van der Waals surface area contributed by atoms with Crippen LogP contribution < -0.4 is 10.1 Å². The third kappa shape index (κ3) is 4.72. The first-order chi connectivity index (χ1) is 13.1. The molecule has 8 heteroatoms. The number of carbonyl (C=O) groups is 2. The van der Waals surface area contributed by atoms with Crippen LogP contribution in [0.2, 0.25) is 0 Å². The van der Waals surface area contributed by atoms with Gasteiger partial charge < -0.3 is 10.1 Å². The summed E-state index contributed by atoms with van der Waals surface area (Å²) in [5.74, 6) is 0.722. The molecule has 0 saturated carbocycles. The van der Waals surface area contributed by atoms with Crippen molar-refractivity contribution in [3.8, 4) is 5.75 Å². The molecular weight excluding hydrogens is 382 g/mol. The molecule has 2 aromatic rings. The van der Waals surface area contributed by atoms with E-state index in [4.69, 9.17) is 17.0 Å². The molecule has 1 N–H and O–H groups in total. The van der Waals surface area contributed by atoms with E-state index in [1.807, 2.05) is 24.3 Å². The fourth-order valence-electron chi connectivity index (χ4n) is 2.48. The molecule has 0 bridgehead atoms. The Balaban J connectivity index is 1.64. The van der Waals surface area contributed by atoms with E-state index in [0.29, 0.717) is 20.8 Å². The number of hydrogen-bond acceptors (Lipinski definition) is 6. The van der Waals surface area contributed by atoms with Gasteiger partial charge in [0.1, 0.15) is 15.9 Å². The number of thiocarbonyl (C=S) groups is 1. The SMILES string of the molecule is COc1ccccc1/C=C1\SC(=S)N(CCC(=O)Nc2ccccn2)C1=O. The molecule has 2 amide bonds. The van der Waals surface area contributed by atoms with Gasteiger partial charge in [-0.05, 0) is 24.3 Å². The molecule has 1 aliphatic rings.